The molecule has 0 atom stereocenters. The molecule has 1 N–H and O–H groups in total. The number of nitrogens with one attached hydrogen (secondary N) is 1. The lowest BCUT2D eigenvalue weighted by molar-refractivity contribution is -0.124. The second-order valence-corrected chi connectivity index (χ2v) is 8.13. The number of hydrogen-bond donors (Lipinski definition) is 1. The fourth-order valence-corrected chi connectivity index (χ4v) is 4.34. The first-order valence-corrected chi connectivity index (χ1v) is 10.8. The van der Waals surface area contributed by atoms with E-state index in [2.05, 4.69) is 10.2 Å². The Kier molecular flexibility index (Phi) is 7.75. The van der Waals surface area contributed by atoms with E-state index >= 15 is 0 Å². The zero-order valence-corrected chi connectivity index (χ0v) is 18.1. The van der Waals surface area contributed by atoms with Gasteiger partial charge in [-0.2, -0.15) is 0 Å². The molecule has 0 spiro atoms. The van der Waals surface area contributed by atoms with Gasteiger partial charge >= 0.3 is 0 Å². The highest BCUT2D eigenvalue weighted by Gasteiger charge is 2.34. The summed E-state index contributed by atoms with van der Waals surface area (Å²) in [4.78, 5) is 40.6. The summed E-state index contributed by atoms with van der Waals surface area (Å²) in [6.07, 6.45) is 5.11. The molecule has 2 aliphatic rings. The molecule has 3 rings (SSSR count). The van der Waals surface area contributed by atoms with Gasteiger partial charge in [0.2, 0.25) is 5.91 Å². The molecule has 30 heavy (non-hydrogen) atoms. The summed E-state index contributed by atoms with van der Waals surface area (Å²) < 4.78 is 10.5. The van der Waals surface area contributed by atoms with Crippen LogP contribution in [0.4, 0.5) is 4.79 Å². The lowest BCUT2D eigenvalue weighted by Gasteiger charge is -2.25. The van der Waals surface area contributed by atoms with Gasteiger partial charge in [-0.1, -0.05) is 12.5 Å². The molecule has 162 valence electrons. The van der Waals surface area contributed by atoms with Gasteiger partial charge in [0.1, 0.15) is 0 Å². The number of imide groups is 1. The lowest BCUT2D eigenvalue weighted by Crippen LogP contribution is -2.42. The minimum absolute atomic E-state index is 0.0789. The summed E-state index contributed by atoms with van der Waals surface area (Å²) in [5.74, 6) is 0.694. The predicted octanol–water partition coefficient (Wildman–Crippen LogP) is 2.34. The Morgan fingerprint density at radius 1 is 1.13 bits per heavy atom. The van der Waals surface area contributed by atoms with E-state index in [0.717, 1.165) is 43.3 Å². The van der Waals surface area contributed by atoms with Gasteiger partial charge < -0.3 is 14.8 Å². The molecule has 8 nitrogen and oxygen atoms in total. The van der Waals surface area contributed by atoms with Crippen molar-refractivity contribution in [2.45, 2.75) is 19.3 Å². The second-order valence-electron chi connectivity index (χ2n) is 7.13. The van der Waals surface area contributed by atoms with Gasteiger partial charge in [0, 0.05) is 13.1 Å². The van der Waals surface area contributed by atoms with Crippen LogP contribution in [-0.4, -0.2) is 73.8 Å². The fraction of sp³-hybridized carbons (Fsp3) is 0.476. The number of piperidine rings is 1. The molecule has 0 aromatic heterocycles. The molecule has 0 aliphatic carbocycles. The average molecular weight is 434 g/mol. The molecule has 1 aromatic rings. The van der Waals surface area contributed by atoms with Crippen LogP contribution in [0.5, 0.6) is 11.5 Å². The van der Waals surface area contributed by atoms with Crippen molar-refractivity contribution in [1.82, 2.24) is 15.1 Å². The average Bonchev–Trinajstić information content (AvgIpc) is 3.01. The van der Waals surface area contributed by atoms with Crippen LogP contribution in [0, 0.1) is 0 Å². The first-order valence-electron chi connectivity index (χ1n) is 9.98. The van der Waals surface area contributed by atoms with Crippen LogP contribution < -0.4 is 14.8 Å². The van der Waals surface area contributed by atoms with E-state index in [4.69, 9.17) is 9.47 Å². The summed E-state index contributed by atoms with van der Waals surface area (Å²) in [7, 11) is 3.09. The number of likely N-dealkylation sites (tertiary alicyclic amines) is 1. The van der Waals surface area contributed by atoms with Gasteiger partial charge in [-0.3, -0.25) is 24.2 Å². The predicted molar refractivity (Wildman–Crippen MR) is 116 cm³/mol. The van der Waals surface area contributed by atoms with Crippen LogP contribution >= 0.6 is 11.8 Å². The van der Waals surface area contributed by atoms with Crippen molar-refractivity contribution in [2.75, 3.05) is 46.9 Å². The molecular weight excluding hydrogens is 406 g/mol. The van der Waals surface area contributed by atoms with Gasteiger partial charge in [-0.05, 0) is 61.5 Å². The molecule has 9 heteroatoms. The van der Waals surface area contributed by atoms with Crippen LogP contribution in [0.3, 0.4) is 0 Å². The Morgan fingerprint density at radius 2 is 1.87 bits per heavy atom. The van der Waals surface area contributed by atoms with Crippen LogP contribution in [0.15, 0.2) is 23.1 Å². The van der Waals surface area contributed by atoms with Crippen LogP contribution in [0.2, 0.25) is 0 Å². The van der Waals surface area contributed by atoms with Gasteiger partial charge in [-0.25, -0.2) is 0 Å². The lowest BCUT2D eigenvalue weighted by atomic mass is 10.1. The Hall–Kier alpha value is -2.52. The maximum atomic E-state index is 12.6. The number of carbonyl (C=O) groups excluding carboxylic acids is 3. The van der Waals surface area contributed by atoms with Crippen molar-refractivity contribution in [1.29, 1.82) is 0 Å². The molecule has 0 saturated carbocycles. The third-order valence-corrected chi connectivity index (χ3v) is 5.96. The minimum atomic E-state index is -0.356. The summed E-state index contributed by atoms with van der Waals surface area (Å²) in [5.41, 5.74) is 0.730. The highest BCUT2D eigenvalue weighted by molar-refractivity contribution is 8.18. The van der Waals surface area contributed by atoms with Crippen molar-refractivity contribution >= 4 is 34.9 Å². The number of rotatable bonds is 8. The van der Waals surface area contributed by atoms with E-state index in [1.165, 1.54) is 18.4 Å². The second kappa shape index (κ2) is 10.5. The first kappa shape index (κ1) is 22.2. The topological polar surface area (TPSA) is 88.2 Å². The van der Waals surface area contributed by atoms with E-state index in [0.29, 0.717) is 22.9 Å². The standard InChI is InChI=1S/C21H27N3O5S/c1-28-16-7-6-15(12-17(16)29-2)13-18-20(26)24(21(27)30-18)11-8-22-19(25)14-23-9-4-3-5-10-23/h6-7,12-13H,3-5,8-11,14H2,1-2H3,(H,22,25)/b18-13-. The SMILES string of the molecule is COc1ccc(/C=C2\SC(=O)N(CCNC(=O)CN3CCCCC3)C2=O)cc1OC. The minimum Gasteiger partial charge on any atom is -0.493 e. The quantitative estimate of drug-likeness (QED) is 0.630. The summed E-state index contributed by atoms with van der Waals surface area (Å²) in [6, 6.07) is 5.27. The smallest absolute Gasteiger partial charge is 0.293 e. The number of amides is 3. The molecule has 2 fully saturated rings. The Morgan fingerprint density at radius 3 is 2.57 bits per heavy atom. The summed E-state index contributed by atoms with van der Waals surface area (Å²) in [6.45, 7) is 2.64. The number of hydrogen-bond acceptors (Lipinski definition) is 7. The molecule has 0 unspecified atom stereocenters. The number of methoxy groups -OCH3 is 2. The van der Waals surface area contributed by atoms with E-state index < -0.39 is 0 Å². The Bertz CT molecular complexity index is 836. The Balaban J connectivity index is 1.54. The van der Waals surface area contributed by atoms with Gasteiger partial charge in [0.25, 0.3) is 11.1 Å². The van der Waals surface area contributed by atoms with Crippen LogP contribution in [0.25, 0.3) is 6.08 Å². The number of carbonyl (C=O) groups is 3. The number of thioether (sulfide) groups is 1. The van der Waals surface area contributed by atoms with Crippen LogP contribution in [0.1, 0.15) is 24.8 Å². The van der Waals surface area contributed by atoms with Crippen molar-refractivity contribution in [3.8, 4) is 11.5 Å². The maximum absolute atomic E-state index is 12.6. The number of benzene rings is 1. The van der Waals surface area contributed by atoms with E-state index in [1.807, 2.05) is 0 Å². The number of nitrogens with zero attached hydrogens (tertiary/aromatic N) is 2. The third kappa shape index (κ3) is 5.54. The van der Waals surface area contributed by atoms with Crippen LogP contribution in [-0.2, 0) is 9.59 Å². The monoisotopic (exact) mass is 433 g/mol. The molecule has 3 amide bonds. The Labute approximate surface area is 180 Å². The number of ether oxygens (including phenoxy) is 2. The maximum Gasteiger partial charge on any atom is 0.293 e. The zero-order chi connectivity index (χ0) is 21.5. The van der Waals surface area contributed by atoms with Gasteiger partial charge in [0.05, 0.1) is 25.7 Å². The first-order chi connectivity index (χ1) is 14.5. The third-order valence-electron chi connectivity index (χ3n) is 5.05. The largest absolute Gasteiger partial charge is 0.493 e. The molecule has 2 aliphatic heterocycles. The van der Waals surface area contributed by atoms with Gasteiger partial charge in [-0.15, -0.1) is 0 Å². The molecule has 2 saturated heterocycles. The molecule has 0 radical (unpaired) electrons. The fourth-order valence-electron chi connectivity index (χ4n) is 3.47. The van der Waals surface area contributed by atoms with E-state index in [-0.39, 0.29) is 30.1 Å². The summed E-state index contributed by atoms with van der Waals surface area (Å²) in [5, 5.41) is 2.47. The highest BCUT2D eigenvalue weighted by Crippen LogP contribution is 2.34. The summed E-state index contributed by atoms with van der Waals surface area (Å²) >= 11 is 0.893. The normalized spacial score (nSPS) is 18.7. The highest BCUT2D eigenvalue weighted by atomic mass is 32.2. The molecule has 1 aromatic carbocycles. The van der Waals surface area contributed by atoms with Crippen molar-refractivity contribution < 1.29 is 23.9 Å². The van der Waals surface area contributed by atoms with Crippen molar-refractivity contribution in [3.05, 3.63) is 28.7 Å². The van der Waals surface area contributed by atoms with E-state index in [9.17, 15) is 14.4 Å². The van der Waals surface area contributed by atoms with Crippen molar-refractivity contribution in [3.63, 3.8) is 0 Å². The molecular formula is C21H27N3O5S. The molecule has 0 bridgehead atoms. The zero-order valence-electron chi connectivity index (χ0n) is 17.3. The molecule has 2 heterocycles. The van der Waals surface area contributed by atoms with Crippen molar-refractivity contribution in [2.24, 2.45) is 0 Å². The van der Waals surface area contributed by atoms with E-state index in [1.54, 1.807) is 31.4 Å². The van der Waals surface area contributed by atoms with Gasteiger partial charge in [0.15, 0.2) is 11.5 Å².